The van der Waals surface area contributed by atoms with E-state index >= 15 is 0 Å². The number of ether oxygens (including phenoxy) is 2. The smallest absolute Gasteiger partial charge is 0.159 e. The lowest BCUT2D eigenvalue weighted by atomic mass is 10.1. The Morgan fingerprint density at radius 2 is 1.35 bits per heavy atom. The largest absolute Gasteiger partial charge is 0.508 e. The van der Waals surface area contributed by atoms with Crippen molar-refractivity contribution in [3.63, 3.8) is 0 Å². The van der Waals surface area contributed by atoms with E-state index in [0.29, 0.717) is 17.7 Å². The van der Waals surface area contributed by atoms with Crippen LogP contribution in [-0.2, 0) is 6.61 Å². The fourth-order valence-electron chi connectivity index (χ4n) is 2.69. The van der Waals surface area contributed by atoms with Gasteiger partial charge in [-0.25, -0.2) is 0 Å². The summed E-state index contributed by atoms with van der Waals surface area (Å²) in [5, 5.41) is 9.20. The van der Waals surface area contributed by atoms with Gasteiger partial charge in [0.1, 0.15) is 23.9 Å². The summed E-state index contributed by atoms with van der Waals surface area (Å²) in [4.78, 5) is 22.2. The Hall–Kier alpha value is -3.60. The van der Waals surface area contributed by atoms with E-state index in [1.54, 1.807) is 39.2 Å². The molecule has 0 aromatic heterocycles. The van der Waals surface area contributed by atoms with Crippen LogP contribution in [0.3, 0.4) is 0 Å². The second kappa shape index (κ2) is 11.0. The highest BCUT2D eigenvalue weighted by Crippen LogP contribution is 2.22. The van der Waals surface area contributed by atoms with Gasteiger partial charge in [0.25, 0.3) is 0 Å². The number of hydrogen-bond acceptors (Lipinski definition) is 5. The van der Waals surface area contributed by atoms with Crippen molar-refractivity contribution in [3.05, 3.63) is 88.5 Å². The summed E-state index contributed by atoms with van der Waals surface area (Å²) in [5.74, 6) is 1.76. The van der Waals surface area contributed by atoms with Crippen molar-refractivity contribution in [1.29, 1.82) is 0 Å². The number of Topliss-reactive ketones (excluding diaryl/α,β-unsaturated/α-hetero) is 2. The Bertz CT molecular complexity index is 1050. The van der Waals surface area contributed by atoms with E-state index in [4.69, 9.17) is 9.47 Å². The fraction of sp³-hybridized carbons (Fsp3) is 0.231. The molecule has 1 N–H and O–H groups in total. The summed E-state index contributed by atoms with van der Waals surface area (Å²) < 4.78 is 10.9. The van der Waals surface area contributed by atoms with Crippen molar-refractivity contribution < 1.29 is 24.2 Å². The number of phenolic OH excluding ortho intramolecular Hbond substituents is 1. The van der Waals surface area contributed by atoms with Gasteiger partial charge in [0.15, 0.2) is 11.6 Å². The summed E-state index contributed by atoms with van der Waals surface area (Å²) in [6, 6.07) is 18.2. The number of carbonyl (C=O) groups is 2. The Morgan fingerprint density at radius 1 is 0.806 bits per heavy atom. The molecule has 0 aliphatic rings. The molecule has 3 aromatic rings. The summed E-state index contributed by atoms with van der Waals surface area (Å²) >= 11 is 0. The minimum atomic E-state index is -0.0275. The van der Waals surface area contributed by atoms with Crippen molar-refractivity contribution in [2.45, 2.75) is 34.3 Å². The van der Waals surface area contributed by atoms with E-state index in [2.05, 4.69) is 0 Å². The van der Waals surface area contributed by atoms with E-state index in [1.807, 2.05) is 43.3 Å². The van der Waals surface area contributed by atoms with Gasteiger partial charge in [0, 0.05) is 11.1 Å². The van der Waals surface area contributed by atoms with Gasteiger partial charge in [0.2, 0.25) is 0 Å². The van der Waals surface area contributed by atoms with E-state index in [1.165, 1.54) is 13.0 Å². The Labute approximate surface area is 183 Å². The van der Waals surface area contributed by atoms with Crippen molar-refractivity contribution in [2.75, 3.05) is 7.11 Å². The van der Waals surface area contributed by atoms with Crippen LogP contribution in [0, 0.1) is 13.8 Å². The molecule has 162 valence electrons. The first-order valence-corrected chi connectivity index (χ1v) is 9.89. The van der Waals surface area contributed by atoms with Gasteiger partial charge in [0.05, 0.1) is 7.11 Å². The molecular formula is C26H28O5. The molecule has 0 amide bonds. The maximum absolute atomic E-state index is 11.4. The van der Waals surface area contributed by atoms with E-state index in [9.17, 15) is 14.7 Å². The first-order chi connectivity index (χ1) is 14.7. The van der Waals surface area contributed by atoms with Gasteiger partial charge in [-0.15, -0.1) is 0 Å². The maximum Gasteiger partial charge on any atom is 0.159 e. The zero-order valence-corrected chi connectivity index (χ0v) is 18.6. The van der Waals surface area contributed by atoms with Crippen LogP contribution in [-0.4, -0.2) is 23.8 Å². The zero-order chi connectivity index (χ0) is 23.0. The molecule has 0 aliphatic heterocycles. The molecular weight excluding hydrogens is 392 g/mol. The number of aromatic hydroxyl groups is 1. The topological polar surface area (TPSA) is 72.8 Å². The second-order valence-corrected chi connectivity index (χ2v) is 7.23. The normalized spacial score (nSPS) is 9.97. The van der Waals surface area contributed by atoms with Crippen molar-refractivity contribution >= 4 is 11.6 Å². The van der Waals surface area contributed by atoms with Crippen molar-refractivity contribution in [2.24, 2.45) is 0 Å². The lowest BCUT2D eigenvalue weighted by Crippen LogP contribution is -1.99. The third-order valence-corrected chi connectivity index (χ3v) is 4.76. The van der Waals surface area contributed by atoms with E-state index in [0.717, 1.165) is 28.2 Å². The van der Waals surface area contributed by atoms with Gasteiger partial charge in [-0.05, 0) is 68.7 Å². The minimum absolute atomic E-state index is 0.0275. The summed E-state index contributed by atoms with van der Waals surface area (Å²) in [6.45, 7) is 7.25. The number of ketones is 2. The number of hydrogen-bond donors (Lipinski definition) is 1. The average molecular weight is 421 g/mol. The molecule has 0 unspecified atom stereocenters. The van der Waals surface area contributed by atoms with Crippen LogP contribution in [0.15, 0.2) is 60.7 Å². The number of rotatable bonds is 6. The third-order valence-electron chi connectivity index (χ3n) is 4.76. The van der Waals surface area contributed by atoms with E-state index in [-0.39, 0.29) is 17.3 Å². The molecule has 0 atom stereocenters. The maximum atomic E-state index is 11.4. The van der Waals surface area contributed by atoms with Crippen LogP contribution in [0.1, 0.15) is 51.3 Å². The van der Waals surface area contributed by atoms with Crippen LogP contribution < -0.4 is 9.47 Å². The van der Waals surface area contributed by atoms with Gasteiger partial charge in [-0.1, -0.05) is 36.4 Å². The second-order valence-electron chi connectivity index (χ2n) is 7.23. The van der Waals surface area contributed by atoms with Gasteiger partial charge >= 0.3 is 0 Å². The monoisotopic (exact) mass is 420 g/mol. The Kier molecular flexibility index (Phi) is 8.38. The van der Waals surface area contributed by atoms with Crippen LogP contribution in [0.5, 0.6) is 17.2 Å². The predicted molar refractivity (Wildman–Crippen MR) is 121 cm³/mol. The molecule has 0 bridgehead atoms. The molecule has 3 aromatic carbocycles. The summed E-state index contributed by atoms with van der Waals surface area (Å²) in [6.07, 6.45) is 0. The Morgan fingerprint density at radius 3 is 1.87 bits per heavy atom. The van der Waals surface area contributed by atoms with Gasteiger partial charge < -0.3 is 14.6 Å². The minimum Gasteiger partial charge on any atom is -0.508 e. The first-order valence-electron chi connectivity index (χ1n) is 9.89. The van der Waals surface area contributed by atoms with Gasteiger partial charge in [-0.2, -0.15) is 0 Å². The SMILES string of the molecule is CC(=O)c1ccc(C)c(O)c1.COc1ccc(COc2cc(C(C)=O)ccc2C)cc1. The molecule has 0 saturated carbocycles. The van der Waals surface area contributed by atoms with Crippen molar-refractivity contribution in [1.82, 2.24) is 0 Å². The van der Waals surface area contributed by atoms with Crippen LogP contribution in [0.2, 0.25) is 0 Å². The van der Waals surface area contributed by atoms with Gasteiger partial charge in [-0.3, -0.25) is 9.59 Å². The molecule has 0 spiro atoms. The number of carbonyl (C=O) groups excluding carboxylic acids is 2. The predicted octanol–water partition coefficient (Wildman–Crippen LogP) is 5.69. The summed E-state index contributed by atoms with van der Waals surface area (Å²) in [5.41, 5.74) is 4.07. The summed E-state index contributed by atoms with van der Waals surface area (Å²) in [7, 11) is 1.64. The molecule has 3 rings (SSSR count). The molecule has 5 nitrogen and oxygen atoms in total. The molecule has 0 fully saturated rings. The number of phenols is 1. The third kappa shape index (κ3) is 7.00. The molecule has 0 radical (unpaired) electrons. The lowest BCUT2D eigenvalue weighted by molar-refractivity contribution is 0.100. The number of aryl methyl sites for hydroxylation is 2. The quantitative estimate of drug-likeness (QED) is 0.519. The van der Waals surface area contributed by atoms with Crippen LogP contribution in [0.25, 0.3) is 0 Å². The molecule has 5 heteroatoms. The zero-order valence-electron chi connectivity index (χ0n) is 18.6. The molecule has 0 saturated heterocycles. The number of benzene rings is 3. The lowest BCUT2D eigenvalue weighted by Gasteiger charge is -2.10. The van der Waals surface area contributed by atoms with E-state index < -0.39 is 0 Å². The molecule has 31 heavy (non-hydrogen) atoms. The standard InChI is InChI=1S/C17H18O3.C9H10O2/c1-12-4-7-15(13(2)18)10-17(12)20-11-14-5-8-16(19-3)9-6-14;1-6-3-4-8(7(2)10)5-9(6)11/h4-10H,11H2,1-3H3;3-5,11H,1-2H3. The highest BCUT2D eigenvalue weighted by Gasteiger charge is 2.05. The van der Waals surface area contributed by atoms with Crippen LogP contribution >= 0.6 is 0 Å². The fourth-order valence-corrected chi connectivity index (χ4v) is 2.69. The van der Waals surface area contributed by atoms with Crippen LogP contribution in [0.4, 0.5) is 0 Å². The molecule has 0 heterocycles. The average Bonchev–Trinajstić information content (AvgIpc) is 2.75. The highest BCUT2D eigenvalue weighted by atomic mass is 16.5. The van der Waals surface area contributed by atoms with Crippen molar-refractivity contribution in [3.8, 4) is 17.2 Å². The number of methoxy groups -OCH3 is 1. The highest BCUT2D eigenvalue weighted by molar-refractivity contribution is 5.95. The first kappa shape index (κ1) is 23.7. The molecule has 0 aliphatic carbocycles. The Balaban J connectivity index is 0.000000262.